The van der Waals surface area contributed by atoms with Crippen molar-refractivity contribution in [3.8, 4) is 0 Å². The van der Waals surface area contributed by atoms with E-state index < -0.39 is 0 Å². The van der Waals surface area contributed by atoms with Crippen LogP contribution in [0, 0.1) is 5.92 Å². The van der Waals surface area contributed by atoms with Gasteiger partial charge in [0.15, 0.2) is 5.96 Å². The Morgan fingerprint density at radius 3 is 2.68 bits per heavy atom. The predicted octanol–water partition coefficient (Wildman–Crippen LogP) is 2.64. The monoisotopic (exact) mass is 462 g/mol. The molecule has 7 heteroatoms. The normalized spacial score (nSPS) is 15.4. The molecule has 1 amide bonds. The maximum absolute atomic E-state index is 11.8. The number of likely N-dealkylation sites (N-methyl/N-ethyl adjacent to an activating group) is 1. The molecule has 1 aromatic heterocycles. The number of nitrogens with one attached hydrogen (secondary N) is 2. The quantitative estimate of drug-likeness (QED) is 0.372. The van der Waals surface area contributed by atoms with E-state index in [2.05, 4.69) is 15.6 Å². The third-order valence-electron chi connectivity index (χ3n) is 4.40. The third-order valence-corrected chi connectivity index (χ3v) is 4.40. The zero-order chi connectivity index (χ0) is 17.2. The number of carbonyl (C=O) groups is 1. The lowest BCUT2D eigenvalue weighted by molar-refractivity contribution is -0.127. The van der Waals surface area contributed by atoms with Gasteiger partial charge in [-0.15, -0.1) is 24.0 Å². The maximum Gasteiger partial charge on any atom is 0.243 e. The Morgan fingerprint density at radius 1 is 1.28 bits per heavy atom. The van der Waals surface area contributed by atoms with Crippen LogP contribution < -0.4 is 10.6 Å². The molecule has 1 aliphatic rings. The molecule has 1 aromatic rings. The standard InChI is InChI=1S/C18H30N4O2.HI/c1-22(2)17(23)14-21-18(19-11-10-16-9-6-12-24-16)20-13-15-7-4-3-5-8-15;/h6,9,12,15H,3-5,7-8,10-11,13-14H2,1-2H3,(H2,19,20,21);1H. The van der Waals surface area contributed by atoms with Gasteiger partial charge in [-0.25, -0.2) is 4.99 Å². The van der Waals surface area contributed by atoms with Gasteiger partial charge in [0.05, 0.1) is 6.26 Å². The first-order valence-corrected chi connectivity index (χ1v) is 8.90. The number of furan rings is 1. The first kappa shape index (κ1) is 21.8. The molecule has 0 aromatic carbocycles. The fourth-order valence-electron chi connectivity index (χ4n) is 2.85. The maximum atomic E-state index is 11.8. The summed E-state index contributed by atoms with van der Waals surface area (Å²) in [5.41, 5.74) is 0. The smallest absolute Gasteiger partial charge is 0.243 e. The fraction of sp³-hybridized carbons (Fsp3) is 0.667. The highest BCUT2D eigenvalue weighted by atomic mass is 127. The second kappa shape index (κ2) is 12.2. The van der Waals surface area contributed by atoms with E-state index in [-0.39, 0.29) is 36.4 Å². The van der Waals surface area contributed by atoms with Gasteiger partial charge in [0.25, 0.3) is 0 Å². The van der Waals surface area contributed by atoms with E-state index in [0.717, 1.165) is 25.3 Å². The number of aliphatic imine (C=N–C) groups is 1. The Morgan fingerprint density at radius 2 is 2.04 bits per heavy atom. The molecule has 142 valence electrons. The number of halogens is 1. The van der Waals surface area contributed by atoms with Crippen molar-refractivity contribution >= 4 is 35.8 Å². The van der Waals surface area contributed by atoms with Gasteiger partial charge in [-0.3, -0.25) is 4.79 Å². The molecule has 0 spiro atoms. The molecule has 25 heavy (non-hydrogen) atoms. The molecule has 1 heterocycles. The first-order chi connectivity index (χ1) is 11.6. The molecule has 0 saturated heterocycles. The van der Waals surface area contributed by atoms with Crippen LogP contribution >= 0.6 is 24.0 Å². The van der Waals surface area contributed by atoms with Crippen LogP contribution in [0.3, 0.4) is 0 Å². The van der Waals surface area contributed by atoms with E-state index in [1.807, 2.05) is 12.1 Å². The minimum atomic E-state index is -0.000184. The van der Waals surface area contributed by atoms with E-state index in [4.69, 9.17) is 4.42 Å². The molecule has 0 bridgehead atoms. The van der Waals surface area contributed by atoms with Crippen molar-refractivity contribution in [3.63, 3.8) is 0 Å². The molecule has 1 saturated carbocycles. The second-order valence-electron chi connectivity index (χ2n) is 6.59. The molecular weight excluding hydrogens is 431 g/mol. The lowest BCUT2D eigenvalue weighted by Gasteiger charge is -2.23. The van der Waals surface area contributed by atoms with E-state index in [1.54, 1.807) is 25.3 Å². The molecule has 0 aliphatic heterocycles. The summed E-state index contributed by atoms with van der Waals surface area (Å²) in [5.74, 6) is 2.36. The Kier molecular flexibility index (Phi) is 10.6. The Labute approximate surface area is 167 Å². The van der Waals surface area contributed by atoms with Crippen molar-refractivity contribution in [1.29, 1.82) is 0 Å². The highest BCUT2D eigenvalue weighted by Gasteiger charge is 2.14. The highest BCUT2D eigenvalue weighted by molar-refractivity contribution is 14.0. The van der Waals surface area contributed by atoms with Crippen molar-refractivity contribution in [2.75, 3.05) is 33.7 Å². The van der Waals surface area contributed by atoms with Gasteiger partial charge in [-0.2, -0.15) is 0 Å². The summed E-state index contributed by atoms with van der Waals surface area (Å²) in [6.07, 6.45) is 9.04. The van der Waals surface area contributed by atoms with Crippen LogP contribution in [0.15, 0.2) is 27.8 Å². The molecule has 0 unspecified atom stereocenters. The number of amides is 1. The van der Waals surface area contributed by atoms with Crippen LogP contribution in [0.25, 0.3) is 0 Å². The summed E-state index contributed by atoms with van der Waals surface area (Å²) in [7, 11) is 3.49. The lowest BCUT2D eigenvalue weighted by atomic mass is 9.89. The van der Waals surface area contributed by atoms with E-state index >= 15 is 0 Å². The number of rotatable bonds is 7. The SMILES string of the molecule is CN(C)C(=O)CN=C(NCCc1ccco1)NCC1CCCCC1.I. The van der Waals surface area contributed by atoms with Crippen molar-refractivity contribution in [2.45, 2.75) is 38.5 Å². The van der Waals surface area contributed by atoms with E-state index in [9.17, 15) is 4.79 Å². The molecule has 2 rings (SSSR count). The Hall–Kier alpha value is -1.25. The third kappa shape index (κ3) is 8.60. The summed E-state index contributed by atoms with van der Waals surface area (Å²) in [4.78, 5) is 17.7. The molecule has 6 nitrogen and oxygen atoms in total. The summed E-state index contributed by atoms with van der Waals surface area (Å²) < 4.78 is 5.34. The summed E-state index contributed by atoms with van der Waals surface area (Å²) in [5, 5.41) is 6.70. The summed E-state index contributed by atoms with van der Waals surface area (Å²) in [6.45, 7) is 1.80. The van der Waals surface area contributed by atoms with Gasteiger partial charge in [0.1, 0.15) is 12.3 Å². The van der Waals surface area contributed by atoms with E-state index in [1.165, 1.54) is 32.1 Å². The van der Waals surface area contributed by atoms with Gasteiger partial charge in [-0.05, 0) is 30.9 Å². The molecule has 0 atom stereocenters. The average molecular weight is 462 g/mol. The Balaban J connectivity index is 0.00000312. The van der Waals surface area contributed by atoms with Gasteiger partial charge in [0.2, 0.25) is 5.91 Å². The topological polar surface area (TPSA) is 69.9 Å². The van der Waals surface area contributed by atoms with Crippen LogP contribution in [-0.2, 0) is 11.2 Å². The van der Waals surface area contributed by atoms with Crippen LogP contribution in [0.2, 0.25) is 0 Å². The van der Waals surface area contributed by atoms with Crippen LogP contribution in [0.1, 0.15) is 37.9 Å². The Bertz CT molecular complexity index is 511. The zero-order valence-corrected chi connectivity index (χ0v) is 17.6. The largest absolute Gasteiger partial charge is 0.469 e. The van der Waals surface area contributed by atoms with Gasteiger partial charge < -0.3 is 20.0 Å². The molecule has 0 radical (unpaired) electrons. The summed E-state index contributed by atoms with van der Waals surface area (Å²) in [6, 6.07) is 3.85. The van der Waals surface area contributed by atoms with Crippen molar-refractivity contribution in [1.82, 2.24) is 15.5 Å². The summed E-state index contributed by atoms with van der Waals surface area (Å²) >= 11 is 0. The number of nitrogens with zero attached hydrogens (tertiary/aromatic N) is 2. The number of guanidine groups is 1. The minimum absolute atomic E-state index is 0. The zero-order valence-electron chi connectivity index (χ0n) is 15.3. The van der Waals surface area contributed by atoms with Crippen LogP contribution in [-0.4, -0.2) is 50.5 Å². The second-order valence-corrected chi connectivity index (χ2v) is 6.59. The molecular formula is C18H31IN4O2. The average Bonchev–Trinajstić information content (AvgIpc) is 3.10. The van der Waals surface area contributed by atoms with Gasteiger partial charge in [0, 0.05) is 33.6 Å². The first-order valence-electron chi connectivity index (χ1n) is 8.90. The molecule has 1 fully saturated rings. The molecule has 2 N–H and O–H groups in total. The fourth-order valence-corrected chi connectivity index (χ4v) is 2.85. The van der Waals surface area contributed by atoms with Gasteiger partial charge >= 0.3 is 0 Å². The van der Waals surface area contributed by atoms with Crippen molar-refractivity contribution in [3.05, 3.63) is 24.2 Å². The van der Waals surface area contributed by atoms with E-state index in [0.29, 0.717) is 11.9 Å². The highest BCUT2D eigenvalue weighted by Crippen LogP contribution is 2.22. The number of carbonyl (C=O) groups excluding carboxylic acids is 1. The van der Waals surface area contributed by atoms with Crippen molar-refractivity contribution < 1.29 is 9.21 Å². The molecule has 1 aliphatic carbocycles. The number of hydrogen-bond donors (Lipinski definition) is 2. The van der Waals surface area contributed by atoms with Crippen LogP contribution in [0.4, 0.5) is 0 Å². The van der Waals surface area contributed by atoms with Gasteiger partial charge in [-0.1, -0.05) is 19.3 Å². The predicted molar refractivity (Wildman–Crippen MR) is 111 cm³/mol. The number of hydrogen-bond acceptors (Lipinski definition) is 3. The van der Waals surface area contributed by atoms with Crippen molar-refractivity contribution in [2.24, 2.45) is 10.9 Å². The lowest BCUT2D eigenvalue weighted by Crippen LogP contribution is -2.41. The van der Waals surface area contributed by atoms with Crippen LogP contribution in [0.5, 0.6) is 0 Å². The minimum Gasteiger partial charge on any atom is -0.469 e.